The standard InChI is InChI=1S/C11H19BrN2O2SSi/c1-11(2,3)18(4,5)14-17(15,16)10-8-9(12)6-7-13-10/h6-8,14H,1-5H3. The van der Waals surface area contributed by atoms with Gasteiger partial charge in [-0.05, 0) is 17.2 Å². The van der Waals surface area contributed by atoms with Crippen molar-refractivity contribution in [2.75, 3.05) is 0 Å². The molecule has 1 heterocycles. The lowest BCUT2D eigenvalue weighted by Gasteiger charge is -2.36. The van der Waals surface area contributed by atoms with Crippen LogP contribution in [0.1, 0.15) is 20.8 Å². The quantitative estimate of drug-likeness (QED) is 0.851. The summed E-state index contributed by atoms with van der Waals surface area (Å²) in [6.45, 7) is 10.2. The Labute approximate surface area is 118 Å². The van der Waals surface area contributed by atoms with Crippen molar-refractivity contribution in [3.05, 3.63) is 22.8 Å². The molecule has 7 heteroatoms. The van der Waals surface area contributed by atoms with Gasteiger partial charge >= 0.3 is 0 Å². The first kappa shape index (κ1) is 15.8. The molecular weight excluding hydrogens is 332 g/mol. The Kier molecular flexibility index (Phi) is 4.42. The number of nitrogens with one attached hydrogen (secondary N) is 1. The summed E-state index contributed by atoms with van der Waals surface area (Å²) in [4.78, 5) is 3.92. The van der Waals surface area contributed by atoms with Crippen LogP contribution in [0, 0.1) is 0 Å². The third-order valence-electron chi connectivity index (χ3n) is 3.24. The zero-order valence-electron chi connectivity index (χ0n) is 11.3. The fraction of sp³-hybridized carbons (Fsp3) is 0.545. The molecule has 0 aliphatic rings. The van der Waals surface area contributed by atoms with E-state index in [-0.39, 0.29) is 10.1 Å². The van der Waals surface area contributed by atoms with Gasteiger partial charge in [-0.1, -0.05) is 49.8 Å². The van der Waals surface area contributed by atoms with Gasteiger partial charge in [0.15, 0.2) is 5.03 Å². The van der Waals surface area contributed by atoms with E-state index in [4.69, 9.17) is 0 Å². The predicted octanol–water partition coefficient (Wildman–Crippen LogP) is 3.13. The molecule has 1 rings (SSSR count). The average molecular weight is 351 g/mol. The van der Waals surface area contributed by atoms with Crippen molar-refractivity contribution in [2.24, 2.45) is 0 Å². The van der Waals surface area contributed by atoms with E-state index in [1.54, 1.807) is 6.07 Å². The SMILES string of the molecule is CC(C)(C)[Si](C)(C)NS(=O)(=O)c1cc(Br)ccn1. The van der Waals surface area contributed by atoms with E-state index >= 15 is 0 Å². The molecule has 0 spiro atoms. The van der Waals surface area contributed by atoms with Crippen LogP contribution >= 0.6 is 15.9 Å². The van der Waals surface area contributed by atoms with Gasteiger partial charge in [0.1, 0.15) is 8.24 Å². The van der Waals surface area contributed by atoms with Crippen molar-refractivity contribution in [1.82, 2.24) is 9.37 Å². The molecule has 0 bridgehead atoms. The highest BCUT2D eigenvalue weighted by atomic mass is 79.9. The number of sulfonamides is 1. The number of rotatable bonds is 3. The number of hydrogen-bond donors (Lipinski definition) is 1. The van der Waals surface area contributed by atoms with Crippen molar-refractivity contribution >= 4 is 34.2 Å². The van der Waals surface area contributed by atoms with E-state index in [1.807, 2.05) is 13.1 Å². The van der Waals surface area contributed by atoms with Gasteiger partial charge in [0.2, 0.25) is 0 Å². The first-order valence-corrected chi connectivity index (χ1v) is 10.9. The van der Waals surface area contributed by atoms with Gasteiger partial charge in [0, 0.05) is 10.7 Å². The summed E-state index contributed by atoms with van der Waals surface area (Å²) < 4.78 is 28.1. The maximum absolute atomic E-state index is 12.3. The normalized spacial score (nSPS) is 13.7. The van der Waals surface area contributed by atoms with Gasteiger partial charge in [-0.3, -0.25) is 0 Å². The molecule has 0 saturated heterocycles. The molecule has 1 N–H and O–H groups in total. The highest BCUT2D eigenvalue weighted by Gasteiger charge is 2.39. The third-order valence-corrected chi connectivity index (χ3v) is 11.4. The molecule has 0 radical (unpaired) electrons. The minimum absolute atomic E-state index is 0.0571. The number of aromatic nitrogens is 1. The highest BCUT2D eigenvalue weighted by Crippen LogP contribution is 2.34. The lowest BCUT2D eigenvalue weighted by atomic mass is 10.2. The lowest BCUT2D eigenvalue weighted by Crippen LogP contribution is -2.54. The van der Waals surface area contributed by atoms with Crippen LogP contribution in [0.15, 0.2) is 27.8 Å². The molecule has 0 saturated carbocycles. The van der Waals surface area contributed by atoms with Gasteiger partial charge in [0.05, 0.1) is 0 Å². The second-order valence-corrected chi connectivity index (χ2v) is 13.7. The zero-order chi connectivity index (χ0) is 14.2. The lowest BCUT2D eigenvalue weighted by molar-refractivity contribution is 0.585. The first-order valence-electron chi connectivity index (χ1n) is 5.61. The summed E-state index contributed by atoms with van der Waals surface area (Å²) in [5.74, 6) is 0. The first-order chi connectivity index (χ1) is 7.96. The van der Waals surface area contributed by atoms with Crippen molar-refractivity contribution in [3.63, 3.8) is 0 Å². The van der Waals surface area contributed by atoms with Crippen LogP contribution in [0.25, 0.3) is 0 Å². The van der Waals surface area contributed by atoms with E-state index in [0.717, 1.165) is 0 Å². The molecule has 102 valence electrons. The van der Waals surface area contributed by atoms with Crippen LogP contribution in [0.4, 0.5) is 0 Å². The second kappa shape index (κ2) is 5.03. The summed E-state index contributed by atoms with van der Waals surface area (Å²) in [7, 11) is -5.69. The largest absolute Gasteiger partial charge is 0.252 e. The maximum atomic E-state index is 12.3. The molecule has 0 aliphatic carbocycles. The number of halogens is 1. The van der Waals surface area contributed by atoms with E-state index < -0.39 is 18.3 Å². The molecule has 0 aliphatic heterocycles. The van der Waals surface area contributed by atoms with Crippen LogP contribution in [0.3, 0.4) is 0 Å². The molecule has 18 heavy (non-hydrogen) atoms. The maximum Gasteiger partial charge on any atom is 0.252 e. The second-order valence-electron chi connectivity index (χ2n) is 5.79. The Morgan fingerprint density at radius 3 is 2.33 bits per heavy atom. The highest BCUT2D eigenvalue weighted by molar-refractivity contribution is 9.10. The van der Waals surface area contributed by atoms with E-state index in [2.05, 4.69) is 46.1 Å². The fourth-order valence-electron chi connectivity index (χ4n) is 1.07. The third kappa shape index (κ3) is 3.63. The molecule has 0 unspecified atom stereocenters. The van der Waals surface area contributed by atoms with Crippen molar-refractivity contribution in [1.29, 1.82) is 0 Å². The topological polar surface area (TPSA) is 59.1 Å². The van der Waals surface area contributed by atoms with Crippen molar-refractivity contribution in [2.45, 2.75) is 43.9 Å². The Morgan fingerprint density at radius 1 is 1.33 bits per heavy atom. The molecule has 0 aromatic carbocycles. The monoisotopic (exact) mass is 350 g/mol. The molecule has 4 nitrogen and oxygen atoms in total. The summed E-state index contributed by atoms with van der Waals surface area (Å²) in [6.07, 6.45) is 1.48. The molecule has 0 fully saturated rings. The van der Waals surface area contributed by atoms with Crippen LogP contribution < -0.4 is 4.39 Å². The minimum atomic E-state index is -3.55. The van der Waals surface area contributed by atoms with Gasteiger partial charge in [-0.15, -0.1) is 0 Å². The molecular formula is C11H19BrN2O2SSi. The van der Waals surface area contributed by atoms with E-state index in [0.29, 0.717) is 4.47 Å². The molecule has 1 aromatic rings. The average Bonchev–Trinajstić information content (AvgIpc) is 2.14. The summed E-state index contributed by atoms with van der Waals surface area (Å²) in [5, 5.41) is -0.00628. The zero-order valence-corrected chi connectivity index (χ0v) is 14.7. The summed E-state index contributed by atoms with van der Waals surface area (Å²) in [6, 6.07) is 3.21. The Bertz CT molecular complexity index is 538. The van der Waals surface area contributed by atoms with E-state index in [1.165, 1.54) is 12.3 Å². The van der Waals surface area contributed by atoms with Gasteiger partial charge in [0.25, 0.3) is 10.0 Å². The van der Waals surface area contributed by atoms with Crippen molar-refractivity contribution < 1.29 is 8.42 Å². The van der Waals surface area contributed by atoms with Crippen LogP contribution in [0.5, 0.6) is 0 Å². The summed E-state index contributed by atoms with van der Waals surface area (Å²) in [5.41, 5.74) is 0. The van der Waals surface area contributed by atoms with Crippen molar-refractivity contribution in [3.8, 4) is 0 Å². The number of pyridine rings is 1. The molecule has 0 atom stereocenters. The minimum Gasteiger partial charge on any atom is -0.243 e. The number of nitrogens with zero attached hydrogens (tertiary/aromatic N) is 1. The van der Waals surface area contributed by atoms with Gasteiger partial charge in [-0.2, -0.15) is 0 Å². The van der Waals surface area contributed by atoms with Gasteiger partial charge in [-0.25, -0.2) is 17.8 Å². The Morgan fingerprint density at radius 2 is 1.89 bits per heavy atom. The molecule has 1 aromatic heterocycles. The summed E-state index contributed by atoms with van der Waals surface area (Å²) >= 11 is 3.25. The fourth-order valence-corrected chi connectivity index (χ4v) is 6.37. The van der Waals surface area contributed by atoms with Gasteiger partial charge < -0.3 is 0 Å². The van der Waals surface area contributed by atoms with Crippen LogP contribution in [0.2, 0.25) is 18.1 Å². The molecule has 0 amide bonds. The van der Waals surface area contributed by atoms with E-state index in [9.17, 15) is 8.42 Å². The Hall–Kier alpha value is -0.243. The van der Waals surface area contributed by atoms with Crippen LogP contribution in [-0.2, 0) is 10.0 Å². The smallest absolute Gasteiger partial charge is 0.243 e. The Balaban J connectivity index is 3.11. The number of hydrogen-bond acceptors (Lipinski definition) is 3. The predicted molar refractivity (Wildman–Crippen MR) is 79.5 cm³/mol. The van der Waals surface area contributed by atoms with Crippen LogP contribution in [-0.4, -0.2) is 21.6 Å².